The second kappa shape index (κ2) is 4.16. The Morgan fingerprint density at radius 2 is 1.84 bits per heavy atom. The normalized spacial score (nSPS) is 10.8. The minimum atomic E-state index is -0.689. The van der Waals surface area contributed by atoms with Crippen molar-refractivity contribution in [3.63, 3.8) is 0 Å². The Morgan fingerprint density at radius 3 is 2.58 bits per heavy atom. The van der Waals surface area contributed by atoms with E-state index in [1.807, 2.05) is 0 Å². The van der Waals surface area contributed by atoms with E-state index in [-0.39, 0.29) is 11.6 Å². The zero-order valence-corrected chi connectivity index (χ0v) is 9.48. The van der Waals surface area contributed by atoms with Gasteiger partial charge in [-0.3, -0.25) is 0 Å². The SMILES string of the molecule is Nc1nc(Nc2cc(F)cc(F)c2)c2[nH]cnc2n1. The Hall–Kier alpha value is -2.77. The number of H-pyrrole nitrogens is 1. The van der Waals surface area contributed by atoms with Gasteiger partial charge in [0.15, 0.2) is 11.5 Å². The lowest BCUT2D eigenvalue weighted by Gasteiger charge is -2.07. The molecule has 19 heavy (non-hydrogen) atoms. The molecular formula is C11H8F2N6. The third-order valence-corrected chi connectivity index (χ3v) is 2.43. The molecule has 0 saturated carbocycles. The van der Waals surface area contributed by atoms with Gasteiger partial charge in [-0.1, -0.05) is 0 Å². The molecule has 3 rings (SSSR count). The van der Waals surface area contributed by atoms with Crippen molar-refractivity contribution in [2.75, 3.05) is 11.1 Å². The van der Waals surface area contributed by atoms with Crippen LogP contribution in [0.3, 0.4) is 0 Å². The standard InChI is InChI=1S/C11H8F2N6/c12-5-1-6(13)3-7(2-5)17-10-8-9(16-4-15-8)18-11(14)19-10/h1-4H,(H4,14,15,16,17,18,19). The smallest absolute Gasteiger partial charge is 0.224 e. The van der Waals surface area contributed by atoms with E-state index >= 15 is 0 Å². The van der Waals surface area contributed by atoms with Crippen LogP contribution in [0.2, 0.25) is 0 Å². The highest BCUT2D eigenvalue weighted by molar-refractivity contribution is 5.85. The molecule has 0 atom stereocenters. The molecule has 8 heteroatoms. The quantitative estimate of drug-likeness (QED) is 0.656. The molecule has 3 aromatic rings. The summed E-state index contributed by atoms with van der Waals surface area (Å²) in [6.45, 7) is 0. The van der Waals surface area contributed by atoms with Crippen LogP contribution in [0.25, 0.3) is 11.2 Å². The Morgan fingerprint density at radius 1 is 1.11 bits per heavy atom. The van der Waals surface area contributed by atoms with Crippen LogP contribution >= 0.6 is 0 Å². The van der Waals surface area contributed by atoms with Crippen molar-refractivity contribution in [1.82, 2.24) is 19.9 Å². The van der Waals surface area contributed by atoms with Gasteiger partial charge < -0.3 is 16.0 Å². The Balaban J connectivity index is 2.07. The largest absolute Gasteiger partial charge is 0.368 e. The summed E-state index contributed by atoms with van der Waals surface area (Å²) in [7, 11) is 0. The van der Waals surface area contributed by atoms with Crippen molar-refractivity contribution in [3.8, 4) is 0 Å². The van der Waals surface area contributed by atoms with E-state index in [0.29, 0.717) is 17.0 Å². The molecule has 96 valence electrons. The number of anilines is 3. The van der Waals surface area contributed by atoms with Gasteiger partial charge in [0.1, 0.15) is 17.2 Å². The van der Waals surface area contributed by atoms with E-state index in [4.69, 9.17) is 5.73 Å². The molecule has 1 aromatic carbocycles. The fraction of sp³-hybridized carbons (Fsp3) is 0. The van der Waals surface area contributed by atoms with E-state index in [1.54, 1.807) is 0 Å². The highest BCUT2D eigenvalue weighted by atomic mass is 19.1. The number of halogens is 2. The molecule has 4 N–H and O–H groups in total. The summed E-state index contributed by atoms with van der Waals surface area (Å²) in [6.07, 6.45) is 1.43. The minimum Gasteiger partial charge on any atom is -0.368 e. The number of benzene rings is 1. The Bertz CT molecular complexity index is 734. The lowest BCUT2D eigenvalue weighted by Crippen LogP contribution is -2.01. The van der Waals surface area contributed by atoms with Gasteiger partial charge in [0.2, 0.25) is 5.95 Å². The zero-order chi connectivity index (χ0) is 13.4. The average molecular weight is 262 g/mol. The zero-order valence-electron chi connectivity index (χ0n) is 9.48. The second-order valence-corrected chi connectivity index (χ2v) is 3.81. The molecule has 0 radical (unpaired) electrons. The monoisotopic (exact) mass is 262 g/mol. The number of hydrogen-bond acceptors (Lipinski definition) is 5. The predicted molar refractivity (Wildman–Crippen MR) is 65.7 cm³/mol. The van der Waals surface area contributed by atoms with Crippen LogP contribution in [-0.4, -0.2) is 19.9 Å². The highest BCUT2D eigenvalue weighted by Crippen LogP contribution is 2.23. The third kappa shape index (κ3) is 2.15. The van der Waals surface area contributed by atoms with E-state index < -0.39 is 11.6 Å². The molecule has 2 aromatic heterocycles. The van der Waals surface area contributed by atoms with Gasteiger partial charge in [-0.2, -0.15) is 9.97 Å². The van der Waals surface area contributed by atoms with Gasteiger partial charge in [-0.25, -0.2) is 13.8 Å². The van der Waals surface area contributed by atoms with Crippen LogP contribution in [-0.2, 0) is 0 Å². The number of nitrogens with one attached hydrogen (secondary N) is 2. The number of nitrogen functional groups attached to an aromatic ring is 1. The fourth-order valence-corrected chi connectivity index (χ4v) is 1.70. The molecule has 0 spiro atoms. The summed E-state index contributed by atoms with van der Waals surface area (Å²) in [5.74, 6) is -1.07. The summed E-state index contributed by atoms with van der Waals surface area (Å²) in [5, 5.41) is 2.77. The number of rotatable bonds is 2. The van der Waals surface area contributed by atoms with Gasteiger partial charge in [-0.05, 0) is 12.1 Å². The van der Waals surface area contributed by atoms with Gasteiger partial charge in [0, 0.05) is 11.8 Å². The molecular weight excluding hydrogens is 254 g/mol. The first-order valence-electron chi connectivity index (χ1n) is 5.31. The van der Waals surface area contributed by atoms with Gasteiger partial charge >= 0.3 is 0 Å². The van der Waals surface area contributed by atoms with E-state index in [2.05, 4.69) is 25.3 Å². The molecule has 0 fully saturated rings. The van der Waals surface area contributed by atoms with Crippen molar-refractivity contribution in [2.45, 2.75) is 0 Å². The van der Waals surface area contributed by atoms with Gasteiger partial charge in [0.25, 0.3) is 0 Å². The molecule has 0 bridgehead atoms. The van der Waals surface area contributed by atoms with Crippen LogP contribution in [0.4, 0.5) is 26.2 Å². The van der Waals surface area contributed by atoms with Crippen LogP contribution < -0.4 is 11.1 Å². The first-order chi connectivity index (χ1) is 9.11. The van der Waals surface area contributed by atoms with Gasteiger partial charge in [-0.15, -0.1) is 0 Å². The first-order valence-corrected chi connectivity index (χ1v) is 5.31. The van der Waals surface area contributed by atoms with Gasteiger partial charge in [0.05, 0.1) is 6.33 Å². The summed E-state index contributed by atoms with van der Waals surface area (Å²) in [4.78, 5) is 14.6. The molecule has 0 aliphatic carbocycles. The van der Waals surface area contributed by atoms with E-state index in [1.165, 1.54) is 6.33 Å². The molecule has 0 aliphatic heterocycles. The summed E-state index contributed by atoms with van der Waals surface area (Å²) in [6, 6.07) is 3.07. The first kappa shape index (κ1) is 11.3. The second-order valence-electron chi connectivity index (χ2n) is 3.81. The maximum absolute atomic E-state index is 13.1. The Kier molecular flexibility index (Phi) is 2.48. The molecule has 0 aliphatic rings. The number of aromatic amines is 1. The summed E-state index contributed by atoms with van der Waals surface area (Å²) in [5.41, 5.74) is 6.61. The number of imidazole rings is 1. The molecule has 0 unspecified atom stereocenters. The Labute approximate surface area is 105 Å². The number of nitrogens with zero attached hydrogens (tertiary/aromatic N) is 3. The molecule has 0 saturated heterocycles. The maximum Gasteiger partial charge on any atom is 0.224 e. The van der Waals surface area contributed by atoms with Crippen molar-refractivity contribution in [2.24, 2.45) is 0 Å². The van der Waals surface area contributed by atoms with E-state index in [0.717, 1.165) is 18.2 Å². The van der Waals surface area contributed by atoms with Crippen molar-refractivity contribution < 1.29 is 8.78 Å². The summed E-state index contributed by atoms with van der Waals surface area (Å²) < 4.78 is 26.2. The molecule has 6 nitrogen and oxygen atoms in total. The fourth-order valence-electron chi connectivity index (χ4n) is 1.70. The van der Waals surface area contributed by atoms with Crippen LogP contribution in [0.15, 0.2) is 24.5 Å². The predicted octanol–water partition coefficient (Wildman–Crippen LogP) is 1.96. The number of fused-ring (bicyclic) bond motifs is 1. The minimum absolute atomic E-state index is 0.0129. The topological polar surface area (TPSA) is 92.5 Å². The number of hydrogen-bond donors (Lipinski definition) is 3. The summed E-state index contributed by atoms with van der Waals surface area (Å²) >= 11 is 0. The van der Waals surface area contributed by atoms with Crippen molar-refractivity contribution >= 4 is 28.6 Å². The van der Waals surface area contributed by atoms with Crippen LogP contribution in [0.1, 0.15) is 0 Å². The number of nitrogens with two attached hydrogens (primary N) is 1. The molecule has 2 heterocycles. The molecule has 0 amide bonds. The van der Waals surface area contributed by atoms with Crippen LogP contribution in [0.5, 0.6) is 0 Å². The third-order valence-electron chi connectivity index (χ3n) is 2.43. The lowest BCUT2D eigenvalue weighted by atomic mass is 10.3. The average Bonchev–Trinajstić information content (AvgIpc) is 2.75. The number of aromatic nitrogens is 4. The van der Waals surface area contributed by atoms with E-state index in [9.17, 15) is 8.78 Å². The van der Waals surface area contributed by atoms with Crippen molar-refractivity contribution in [1.29, 1.82) is 0 Å². The lowest BCUT2D eigenvalue weighted by molar-refractivity contribution is 0.584. The maximum atomic E-state index is 13.1. The highest BCUT2D eigenvalue weighted by Gasteiger charge is 2.09. The van der Waals surface area contributed by atoms with Crippen LogP contribution in [0, 0.1) is 11.6 Å². The van der Waals surface area contributed by atoms with Crippen molar-refractivity contribution in [3.05, 3.63) is 36.2 Å².